The number of rotatable bonds is 1. The molecule has 0 radical (unpaired) electrons. The van der Waals surface area contributed by atoms with Crippen molar-refractivity contribution < 1.29 is 5.11 Å². The zero-order valence-electron chi connectivity index (χ0n) is 7.01. The van der Waals surface area contributed by atoms with E-state index in [4.69, 9.17) is 5.26 Å². The van der Waals surface area contributed by atoms with Crippen LogP contribution in [0.5, 0.6) is 0 Å². The molecule has 0 bridgehead atoms. The van der Waals surface area contributed by atoms with Gasteiger partial charge in [0, 0.05) is 0 Å². The summed E-state index contributed by atoms with van der Waals surface area (Å²) in [5, 5.41) is 18.3. The van der Waals surface area contributed by atoms with E-state index in [-0.39, 0.29) is 0 Å². The fraction of sp³-hybridized carbons (Fsp3) is 0.889. The van der Waals surface area contributed by atoms with E-state index in [1.807, 2.05) is 6.07 Å². The molecule has 1 fully saturated rings. The van der Waals surface area contributed by atoms with Crippen LogP contribution in [0.25, 0.3) is 0 Å². The molecule has 1 rings (SSSR count). The summed E-state index contributed by atoms with van der Waals surface area (Å²) in [5.74, 6) is 0.563. The fourth-order valence-corrected chi connectivity index (χ4v) is 1.81. The molecule has 11 heavy (non-hydrogen) atoms. The Hall–Kier alpha value is -0.550. The summed E-state index contributed by atoms with van der Waals surface area (Å²) < 4.78 is 0. The van der Waals surface area contributed by atoms with Gasteiger partial charge in [0.1, 0.15) is 0 Å². The van der Waals surface area contributed by atoms with Crippen molar-refractivity contribution in [3.63, 3.8) is 0 Å². The molecular weight excluding hydrogens is 138 g/mol. The van der Waals surface area contributed by atoms with Gasteiger partial charge >= 0.3 is 0 Å². The first kappa shape index (κ1) is 8.55. The van der Waals surface area contributed by atoms with Gasteiger partial charge in [0.2, 0.25) is 0 Å². The first-order valence-corrected chi connectivity index (χ1v) is 4.34. The van der Waals surface area contributed by atoms with Crippen LogP contribution in [-0.2, 0) is 0 Å². The van der Waals surface area contributed by atoms with Crippen LogP contribution in [0.15, 0.2) is 0 Å². The monoisotopic (exact) mass is 153 g/mol. The highest BCUT2D eigenvalue weighted by Gasteiger charge is 2.33. The van der Waals surface area contributed by atoms with Crippen molar-refractivity contribution in [2.45, 2.75) is 44.6 Å². The SMILES string of the molecule is CC[C@H]1CCC[C@](O)(C#N)C1. The Morgan fingerprint density at radius 3 is 3.00 bits per heavy atom. The van der Waals surface area contributed by atoms with E-state index in [2.05, 4.69) is 6.92 Å². The van der Waals surface area contributed by atoms with Crippen molar-refractivity contribution in [1.82, 2.24) is 0 Å². The van der Waals surface area contributed by atoms with Gasteiger partial charge in [-0.2, -0.15) is 5.26 Å². The number of hydrogen-bond donors (Lipinski definition) is 1. The van der Waals surface area contributed by atoms with Crippen LogP contribution >= 0.6 is 0 Å². The van der Waals surface area contributed by atoms with Crippen LogP contribution in [0.4, 0.5) is 0 Å². The maximum Gasteiger partial charge on any atom is 0.151 e. The van der Waals surface area contributed by atoms with Gasteiger partial charge in [-0.25, -0.2) is 0 Å². The predicted molar refractivity (Wildman–Crippen MR) is 42.8 cm³/mol. The molecule has 1 N–H and O–H groups in total. The average Bonchev–Trinajstić information content (AvgIpc) is 2.05. The molecule has 0 aliphatic heterocycles. The Bertz CT molecular complexity index is 173. The Balaban J connectivity index is 2.53. The Morgan fingerprint density at radius 1 is 1.73 bits per heavy atom. The van der Waals surface area contributed by atoms with E-state index in [0.29, 0.717) is 18.8 Å². The van der Waals surface area contributed by atoms with Gasteiger partial charge in [-0.1, -0.05) is 19.8 Å². The normalized spacial score (nSPS) is 38.1. The van der Waals surface area contributed by atoms with Gasteiger partial charge in [0.15, 0.2) is 5.60 Å². The van der Waals surface area contributed by atoms with Gasteiger partial charge in [-0.3, -0.25) is 0 Å². The number of hydrogen-bond acceptors (Lipinski definition) is 2. The molecule has 0 unspecified atom stereocenters. The molecule has 1 aliphatic carbocycles. The number of nitrogens with zero attached hydrogens (tertiary/aromatic N) is 1. The zero-order chi connectivity index (χ0) is 8.32. The first-order valence-electron chi connectivity index (χ1n) is 4.34. The first-order chi connectivity index (χ1) is 5.20. The second-order valence-corrected chi connectivity index (χ2v) is 3.51. The topological polar surface area (TPSA) is 44.0 Å². The molecule has 2 nitrogen and oxygen atoms in total. The standard InChI is InChI=1S/C9H15NO/c1-2-8-4-3-5-9(11,6-8)7-10/h8,11H,2-6H2,1H3/t8-,9+/m0/s1. The number of aliphatic hydroxyl groups is 1. The average molecular weight is 153 g/mol. The van der Waals surface area contributed by atoms with E-state index in [1.54, 1.807) is 0 Å². The summed E-state index contributed by atoms with van der Waals surface area (Å²) >= 11 is 0. The van der Waals surface area contributed by atoms with Crippen molar-refractivity contribution in [3.8, 4) is 6.07 Å². The lowest BCUT2D eigenvalue weighted by atomic mass is 9.78. The molecule has 0 aromatic rings. The lowest BCUT2D eigenvalue weighted by molar-refractivity contribution is 0.0342. The molecule has 0 amide bonds. The summed E-state index contributed by atoms with van der Waals surface area (Å²) in [6.45, 7) is 2.12. The second-order valence-electron chi connectivity index (χ2n) is 3.51. The van der Waals surface area contributed by atoms with E-state index in [0.717, 1.165) is 12.8 Å². The molecule has 0 saturated heterocycles. The maximum atomic E-state index is 9.62. The van der Waals surface area contributed by atoms with Crippen molar-refractivity contribution in [2.24, 2.45) is 5.92 Å². The minimum absolute atomic E-state index is 0.563. The molecule has 1 saturated carbocycles. The van der Waals surface area contributed by atoms with Crippen LogP contribution in [0.3, 0.4) is 0 Å². The molecule has 1 aliphatic rings. The highest BCUT2D eigenvalue weighted by Crippen LogP contribution is 2.33. The smallest absolute Gasteiger partial charge is 0.151 e. The fourth-order valence-electron chi connectivity index (χ4n) is 1.81. The van der Waals surface area contributed by atoms with Crippen LogP contribution < -0.4 is 0 Å². The van der Waals surface area contributed by atoms with E-state index < -0.39 is 5.60 Å². The van der Waals surface area contributed by atoms with Crippen molar-refractivity contribution in [2.75, 3.05) is 0 Å². The predicted octanol–water partition coefficient (Wildman–Crippen LogP) is 1.84. The molecule has 0 heterocycles. The minimum atomic E-state index is -1.00. The van der Waals surface area contributed by atoms with E-state index in [1.165, 1.54) is 6.42 Å². The van der Waals surface area contributed by atoms with Crippen molar-refractivity contribution >= 4 is 0 Å². The molecule has 62 valence electrons. The minimum Gasteiger partial charge on any atom is -0.375 e. The van der Waals surface area contributed by atoms with Crippen molar-refractivity contribution in [1.29, 1.82) is 5.26 Å². The largest absolute Gasteiger partial charge is 0.375 e. The van der Waals surface area contributed by atoms with E-state index in [9.17, 15) is 5.11 Å². The van der Waals surface area contributed by atoms with Gasteiger partial charge in [0.25, 0.3) is 0 Å². The Morgan fingerprint density at radius 2 is 2.45 bits per heavy atom. The van der Waals surface area contributed by atoms with Crippen LogP contribution in [0.1, 0.15) is 39.0 Å². The lowest BCUT2D eigenvalue weighted by Crippen LogP contribution is -2.33. The molecule has 0 aromatic heterocycles. The molecule has 0 aromatic carbocycles. The summed E-state index contributed by atoms with van der Waals surface area (Å²) in [6, 6.07) is 2.00. The molecule has 2 heteroatoms. The number of nitriles is 1. The second kappa shape index (κ2) is 3.23. The summed E-state index contributed by atoms with van der Waals surface area (Å²) in [6.07, 6.45) is 4.62. The third kappa shape index (κ3) is 1.94. The Labute approximate surface area is 67.8 Å². The summed E-state index contributed by atoms with van der Waals surface area (Å²) in [7, 11) is 0. The van der Waals surface area contributed by atoms with Crippen LogP contribution in [-0.4, -0.2) is 10.7 Å². The molecular formula is C9H15NO. The van der Waals surface area contributed by atoms with Gasteiger partial charge < -0.3 is 5.11 Å². The third-order valence-corrected chi connectivity index (χ3v) is 2.61. The Kier molecular flexibility index (Phi) is 2.51. The summed E-state index contributed by atoms with van der Waals surface area (Å²) in [5.41, 5.74) is -1.00. The van der Waals surface area contributed by atoms with Gasteiger partial charge in [-0.05, 0) is 25.2 Å². The zero-order valence-corrected chi connectivity index (χ0v) is 7.01. The highest BCUT2D eigenvalue weighted by molar-refractivity contribution is 5.02. The lowest BCUT2D eigenvalue weighted by Gasteiger charge is -2.30. The van der Waals surface area contributed by atoms with Gasteiger partial charge in [0.05, 0.1) is 6.07 Å². The summed E-state index contributed by atoms with van der Waals surface area (Å²) in [4.78, 5) is 0. The molecule has 0 spiro atoms. The van der Waals surface area contributed by atoms with Gasteiger partial charge in [-0.15, -0.1) is 0 Å². The van der Waals surface area contributed by atoms with E-state index >= 15 is 0 Å². The van der Waals surface area contributed by atoms with Crippen molar-refractivity contribution in [3.05, 3.63) is 0 Å². The van der Waals surface area contributed by atoms with Crippen LogP contribution in [0.2, 0.25) is 0 Å². The van der Waals surface area contributed by atoms with Crippen LogP contribution in [0, 0.1) is 17.2 Å². The molecule has 2 atom stereocenters. The third-order valence-electron chi connectivity index (χ3n) is 2.61. The highest BCUT2D eigenvalue weighted by atomic mass is 16.3. The quantitative estimate of drug-likeness (QED) is 0.584. The maximum absolute atomic E-state index is 9.62.